The fourth-order valence-corrected chi connectivity index (χ4v) is 5.64. The first-order valence-electron chi connectivity index (χ1n) is 11.7. The standard InChI is InChI=1S/C27H22ClN5O3S/c1-14-2-4-16-21(9-15-3-5-19(28)17(8-15)27-35-6-7-36-27)31-10-20(29)23(16)24(14)33-26(34)18-12-37-22-11-30-13-32-25(18)22/h2-5,8,10-13,27H,6-7,9,29H2,1H3,(H,33,34). The molecule has 0 atom stereocenters. The Morgan fingerprint density at radius 3 is 2.86 bits per heavy atom. The number of benzene rings is 2. The number of aromatic nitrogens is 3. The molecular weight excluding hydrogens is 510 g/mol. The molecule has 6 rings (SSSR count). The van der Waals surface area contributed by atoms with Gasteiger partial charge in [-0.25, -0.2) is 9.97 Å². The maximum atomic E-state index is 13.3. The maximum absolute atomic E-state index is 13.3. The van der Waals surface area contributed by atoms with E-state index in [1.165, 1.54) is 17.7 Å². The molecule has 1 amide bonds. The van der Waals surface area contributed by atoms with E-state index in [0.717, 1.165) is 37.9 Å². The average molecular weight is 532 g/mol. The van der Waals surface area contributed by atoms with Crippen LogP contribution in [0.15, 0.2) is 54.4 Å². The van der Waals surface area contributed by atoms with E-state index < -0.39 is 6.29 Å². The van der Waals surface area contributed by atoms with Gasteiger partial charge in [-0.2, -0.15) is 0 Å². The number of thiophene rings is 1. The highest BCUT2D eigenvalue weighted by Crippen LogP contribution is 2.36. The van der Waals surface area contributed by atoms with Crippen molar-refractivity contribution < 1.29 is 14.3 Å². The fourth-order valence-electron chi connectivity index (χ4n) is 4.57. The summed E-state index contributed by atoms with van der Waals surface area (Å²) in [6.07, 6.45) is 4.86. The third-order valence-corrected chi connectivity index (χ3v) is 7.65. The van der Waals surface area contributed by atoms with Gasteiger partial charge in [0.15, 0.2) is 6.29 Å². The van der Waals surface area contributed by atoms with E-state index >= 15 is 0 Å². The lowest BCUT2D eigenvalue weighted by Gasteiger charge is -2.16. The molecule has 1 aliphatic heterocycles. The molecule has 0 radical (unpaired) electrons. The van der Waals surface area contributed by atoms with Gasteiger partial charge in [0.05, 0.1) is 52.3 Å². The molecule has 0 bridgehead atoms. The van der Waals surface area contributed by atoms with Crippen LogP contribution in [-0.2, 0) is 15.9 Å². The van der Waals surface area contributed by atoms with Gasteiger partial charge in [-0.15, -0.1) is 11.3 Å². The van der Waals surface area contributed by atoms with Gasteiger partial charge in [0.25, 0.3) is 5.91 Å². The monoisotopic (exact) mass is 531 g/mol. The second-order valence-electron chi connectivity index (χ2n) is 8.79. The first-order chi connectivity index (χ1) is 18.0. The number of hydrogen-bond acceptors (Lipinski definition) is 8. The summed E-state index contributed by atoms with van der Waals surface area (Å²) in [5, 5.41) is 7.09. The summed E-state index contributed by atoms with van der Waals surface area (Å²) in [5.41, 5.74) is 12.2. The molecular formula is C27H22ClN5O3S. The predicted octanol–water partition coefficient (Wildman–Crippen LogP) is 5.67. The van der Waals surface area contributed by atoms with Gasteiger partial charge in [0, 0.05) is 39.4 Å². The summed E-state index contributed by atoms with van der Waals surface area (Å²) in [6, 6.07) is 9.76. The largest absolute Gasteiger partial charge is 0.397 e. The second-order valence-corrected chi connectivity index (χ2v) is 10.1. The van der Waals surface area contributed by atoms with Gasteiger partial charge < -0.3 is 20.5 Å². The summed E-state index contributed by atoms with van der Waals surface area (Å²) in [6.45, 7) is 3.02. The minimum absolute atomic E-state index is 0.253. The van der Waals surface area contributed by atoms with E-state index in [2.05, 4.69) is 20.3 Å². The number of carbonyl (C=O) groups is 1. The second kappa shape index (κ2) is 9.68. The number of hydrogen-bond donors (Lipinski definition) is 2. The van der Waals surface area contributed by atoms with Crippen molar-refractivity contribution in [3.05, 3.63) is 87.4 Å². The van der Waals surface area contributed by atoms with Gasteiger partial charge in [0.1, 0.15) is 6.33 Å². The van der Waals surface area contributed by atoms with Gasteiger partial charge in [-0.05, 0) is 30.2 Å². The Kier molecular flexibility index (Phi) is 6.21. The van der Waals surface area contributed by atoms with Crippen LogP contribution in [0.2, 0.25) is 5.02 Å². The lowest BCUT2D eigenvalue weighted by molar-refractivity contribution is -0.0440. The number of ether oxygens (including phenoxy) is 2. The van der Waals surface area contributed by atoms with E-state index in [0.29, 0.717) is 47.1 Å². The highest BCUT2D eigenvalue weighted by Gasteiger charge is 2.22. The molecule has 1 aliphatic rings. The van der Waals surface area contributed by atoms with Crippen LogP contribution in [0.25, 0.3) is 21.0 Å². The Hall–Kier alpha value is -3.63. The quantitative estimate of drug-likeness (QED) is 0.300. The van der Waals surface area contributed by atoms with E-state index in [-0.39, 0.29) is 5.91 Å². The van der Waals surface area contributed by atoms with Crippen molar-refractivity contribution in [3.63, 3.8) is 0 Å². The number of nitrogen functional groups attached to an aromatic ring is 1. The molecule has 3 N–H and O–H groups in total. The SMILES string of the molecule is Cc1ccc2c(Cc3ccc(Cl)c(C4OCCO4)c3)ncc(N)c2c1NC(=O)c1csc2cncnc12. The lowest BCUT2D eigenvalue weighted by Crippen LogP contribution is -2.14. The molecule has 1 saturated heterocycles. The van der Waals surface area contributed by atoms with Crippen LogP contribution in [0.1, 0.15) is 39.0 Å². The molecule has 1 fully saturated rings. The normalized spacial score (nSPS) is 14.0. The Bertz CT molecular complexity index is 1670. The molecule has 10 heteroatoms. The summed E-state index contributed by atoms with van der Waals surface area (Å²) >= 11 is 7.85. The molecule has 0 spiro atoms. The number of nitrogens with zero attached hydrogens (tertiary/aromatic N) is 3. The Morgan fingerprint density at radius 2 is 2.03 bits per heavy atom. The zero-order valence-electron chi connectivity index (χ0n) is 19.8. The number of halogens is 1. The predicted molar refractivity (Wildman–Crippen MR) is 145 cm³/mol. The van der Waals surface area contributed by atoms with Crippen molar-refractivity contribution in [1.82, 2.24) is 15.0 Å². The molecule has 0 saturated carbocycles. The van der Waals surface area contributed by atoms with E-state index in [1.54, 1.807) is 17.8 Å². The number of rotatable bonds is 5. The van der Waals surface area contributed by atoms with Crippen LogP contribution >= 0.6 is 22.9 Å². The fraction of sp³-hybridized carbons (Fsp3) is 0.185. The number of aryl methyl sites for hydroxylation is 1. The maximum Gasteiger partial charge on any atom is 0.258 e. The minimum atomic E-state index is -0.466. The molecule has 0 unspecified atom stereocenters. The van der Waals surface area contributed by atoms with Crippen molar-refractivity contribution in [2.24, 2.45) is 0 Å². The number of anilines is 2. The molecule has 5 aromatic rings. The van der Waals surface area contributed by atoms with Crippen molar-refractivity contribution in [3.8, 4) is 0 Å². The zero-order chi connectivity index (χ0) is 25.5. The molecule has 0 aliphatic carbocycles. The number of fused-ring (bicyclic) bond motifs is 2. The molecule has 3 aromatic heterocycles. The summed E-state index contributed by atoms with van der Waals surface area (Å²) in [5.74, 6) is -0.253. The van der Waals surface area contributed by atoms with Crippen LogP contribution in [0.5, 0.6) is 0 Å². The first kappa shape index (κ1) is 23.7. The average Bonchev–Trinajstić information content (AvgIpc) is 3.59. The number of pyridine rings is 1. The lowest BCUT2D eigenvalue weighted by atomic mass is 9.98. The highest BCUT2D eigenvalue weighted by atomic mass is 35.5. The molecule has 37 heavy (non-hydrogen) atoms. The summed E-state index contributed by atoms with van der Waals surface area (Å²) in [4.78, 5) is 26.3. The van der Waals surface area contributed by atoms with Crippen LogP contribution in [0.4, 0.5) is 11.4 Å². The highest BCUT2D eigenvalue weighted by molar-refractivity contribution is 7.17. The number of nitrogens with one attached hydrogen (secondary N) is 1. The Balaban J connectivity index is 1.38. The summed E-state index contributed by atoms with van der Waals surface area (Å²) in [7, 11) is 0. The van der Waals surface area contributed by atoms with Crippen LogP contribution in [0.3, 0.4) is 0 Å². The Morgan fingerprint density at radius 1 is 1.19 bits per heavy atom. The zero-order valence-corrected chi connectivity index (χ0v) is 21.4. The van der Waals surface area contributed by atoms with Crippen molar-refractivity contribution >= 4 is 61.2 Å². The molecule has 2 aromatic carbocycles. The van der Waals surface area contributed by atoms with Crippen LogP contribution in [0, 0.1) is 6.92 Å². The molecule has 4 heterocycles. The van der Waals surface area contributed by atoms with Crippen molar-refractivity contribution in [2.45, 2.75) is 19.6 Å². The smallest absolute Gasteiger partial charge is 0.258 e. The van der Waals surface area contributed by atoms with Gasteiger partial charge >= 0.3 is 0 Å². The topological polar surface area (TPSA) is 112 Å². The minimum Gasteiger partial charge on any atom is -0.397 e. The third kappa shape index (κ3) is 4.40. The van der Waals surface area contributed by atoms with Crippen LogP contribution in [-0.4, -0.2) is 34.1 Å². The number of nitrogens with two attached hydrogens (primary N) is 1. The van der Waals surface area contributed by atoms with Crippen LogP contribution < -0.4 is 11.1 Å². The first-order valence-corrected chi connectivity index (χ1v) is 12.9. The van der Waals surface area contributed by atoms with Gasteiger partial charge in [-0.1, -0.05) is 29.8 Å². The van der Waals surface area contributed by atoms with Crippen molar-refractivity contribution in [1.29, 1.82) is 0 Å². The molecule has 186 valence electrons. The van der Waals surface area contributed by atoms with E-state index in [4.69, 9.17) is 26.8 Å². The molecule has 8 nitrogen and oxygen atoms in total. The van der Waals surface area contributed by atoms with E-state index in [1.807, 2.05) is 37.3 Å². The van der Waals surface area contributed by atoms with E-state index in [9.17, 15) is 4.79 Å². The third-order valence-electron chi connectivity index (χ3n) is 6.40. The van der Waals surface area contributed by atoms with Gasteiger partial charge in [0.2, 0.25) is 0 Å². The number of carbonyl (C=O) groups excluding carboxylic acids is 1. The number of amides is 1. The van der Waals surface area contributed by atoms with Gasteiger partial charge in [-0.3, -0.25) is 9.78 Å². The summed E-state index contributed by atoms with van der Waals surface area (Å²) < 4.78 is 12.1. The Labute approximate surface area is 221 Å². The van der Waals surface area contributed by atoms with Crippen molar-refractivity contribution in [2.75, 3.05) is 24.3 Å².